The fraction of sp³-hybridized carbons (Fsp3) is 0.440. The van der Waals surface area contributed by atoms with Gasteiger partial charge in [-0.25, -0.2) is 8.42 Å². The van der Waals surface area contributed by atoms with Gasteiger partial charge in [-0.1, -0.05) is 49.7 Å². The average Bonchev–Trinajstić information content (AvgIpc) is 2.79. The highest BCUT2D eigenvalue weighted by atomic mass is 32.2. The molecule has 2 aromatic rings. The Balaban J connectivity index is 2.48. The Morgan fingerprint density at radius 2 is 1.72 bits per heavy atom. The number of benzene rings is 2. The smallest absolute Gasteiger partial charge is 0.354 e. The summed E-state index contributed by atoms with van der Waals surface area (Å²) in [4.78, 5) is 27.7. The molecule has 36 heavy (non-hydrogen) atoms. The number of nitrogens with one attached hydrogen (secondary N) is 1. The van der Waals surface area contributed by atoms with Crippen LogP contribution in [0.25, 0.3) is 0 Å². The molecule has 2 amide bonds. The molecule has 0 aliphatic carbocycles. The van der Waals surface area contributed by atoms with Crippen LogP contribution >= 0.6 is 0 Å². The Bertz CT molecular complexity index is 1170. The van der Waals surface area contributed by atoms with E-state index in [1.807, 2.05) is 26.0 Å². The van der Waals surface area contributed by atoms with Gasteiger partial charge in [0.2, 0.25) is 21.8 Å². The number of hydrogen-bond donors (Lipinski definition) is 1. The first kappa shape index (κ1) is 29.2. The van der Waals surface area contributed by atoms with Gasteiger partial charge in [0.05, 0.1) is 17.5 Å². The Morgan fingerprint density at radius 3 is 2.28 bits per heavy atom. The molecule has 0 saturated carbocycles. The van der Waals surface area contributed by atoms with Crippen LogP contribution in [0, 0.1) is 6.92 Å². The average molecular weight is 528 g/mol. The lowest BCUT2D eigenvalue weighted by molar-refractivity contribution is -0.140. The summed E-state index contributed by atoms with van der Waals surface area (Å²) in [5.41, 5.74) is 0.336. The van der Waals surface area contributed by atoms with E-state index >= 15 is 0 Å². The van der Waals surface area contributed by atoms with E-state index < -0.39 is 40.3 Å². The van der Waals surface area contributed by atoms with E-state index in [0.717, 1.165) is 29.5 Å². The molecule has 11 heteroatoms. The minimum Gasteiger partial charge on any atom is -0.354 e. The van der Waals surface area contributed by atoms with Crippen molar-refractivity contribution in [1.29, 1.82) is 0 Å². The lowest BCUT2D eigenvalue weighted by Crippen LogP contribution is -2.52. The summed E-state index contributed by atoms with van der Waals surface area (Å²) in [6.07, 6.45) is -2.93. The normalized spacial score (nSPS) is 12.6. The molecule has 2 aromatic carbocycles. The second kappa shape index (κ2) is 12.2. The molecular weight excluding hydrogens is 495 g/mol. The van der Waals surface area contributed by atoms with Crippen molar-refractivity contribution in [2.75, 3.05) is 23.7 Å². The van der Waals surface area contributed by atoms with Crippen LogP contribution in [0.3, 0.4) is 0 Å². The van der Waals surface area contributed by atoms with Crippen LogP contribution in [0.1, 0.15) is 43.4 Å². The summed E-state index contributed by atoms with van der Waals surface area (Å²) in [6.45, 7) is 5.16. The number of hydrogen-bond acceptors (Lipinski definition) is 4. The lowest BCUT2D eigenvalue weighted by Gasteiger charge is -2.33. The molecule has 0 aromatic heterocycles. The number of anilines is 1. The van der Waals surface area contributed by atoms with Gasteiger partial charge in [0.25, 0.3) is 0 Å². The molecular formula is C25H32F3N3O4S. The maximum Gasteiger partial charge on any atom is 0.416 e. The largest absolute Gasteiger partial charge is 0.416 e. The molecule has 0 aliphatic heterocycles. The van der Waals surface area contributed by atoms with Crippen LogP contribution in [0.2, 0.25) is 0 Å². The first-order valence-electron chi connectivity index (χ1n) is 11.6. The molecule has 0 aliphatic rings. The zero-order chi connectivity index (χ0) is 27.1. The van der Waals surface area contributed by atoms with Crippen molar-refractivity contribution in [3.05, 3.63) is 65.2 Å². The zero-order valence-corrected chi connectivity index (χ0v) is 21.6. The monoisotopic (exact) mass is 527 g/mol. The predicted molar refractivity (Wildman–Crippen MR) is 133 cm³/mol. The first-order valence-corrected chi connectivity index (χ1v) is 13.4. The number of nitrogens with zero attached hydrogens (tertiary/aromatic N) is 2. The summed E-state index contributed by atoms with van der Waals surface area (Å²) in [5, 5.41) is 2.77. The fourth-order valence-corrected chi connectivity index (χ4v) is 4.59. The van der Waals surface area contributed by atoms with Crippen LogP contribution in [0.5, 0.6) is 0 Å². The number of sulfonamides is 1. The highest BCUT2D eigenvalue weighted by molar-refractivity contribution is 7.92. The third-order valence-electron chi connectivity index (χ3n) is 5.51. The number of amides is 2. The molecule has 0 fully saturated rings. The SMILES string of the molecule is CCCNC(=O)[C@@H](CC)N(Cc1cccc(C)c1)C(=O)CN(c1cccc(C(F)(F)F)c1)S(C)(=O)=O. The minimum absolute atomic E-state index is 0.0265. The van der Waals surface area contributed by atoms with Gasteiger partial charge in [-0.3, -0.25) is 13.9 Å². The number of aryl methyl sites for hydroxylation is 1. The van der Waals surface area contributed by atoms with Gasteiger partial charge >= 0.3 is 6.18 Å². The molecule has 1 atom stereocenters. The van der Waals surface area contributed by atoms with Crippen molar-refractivity contribution in [1.82, 2.24) is 10.2 Å². The van der Waals surface area contributed by atoms with Gasteiger partial charge in [0.15, 0.2) is 0 Å². The molecule has 0 radical (unpaired) electrons. The zero-order valence-electron chi connectivity index (χ0n) is 20.8. The van der Waals surface area contributed by atoms with Crippen molar-refractivity contribution in [3.63, 3.8) is 0 Å². The van der Waals surface area contributed by atoms with Gasteiger partial charge in [-0.05, 0) is 43.5 Å². The quantitative estimate of drug-likeness (QED) is 0.477. The van der Waals surface area contributed by atoms with E-state index in [9.17, 15) is 31.2 Å². The topological polar surface area (TPSA) is 86.8 Å². The molecule has 0 heterocycles. The van der Waals surface area contributed by atoms with Crippen molar-refractivity contribution in [2.24, 2.45) is 0 Å². The maximum absolute atomic E-state index is 13.5. The predicted octanol–water partition coefficient (Wildman–Crippen LogP) is 4.11. The second-order valence-corrected chi connectivity index (χ2v) is 10.5. The Hall–Kier alpha value is -3.08. The molecule has 0 spiro atoms. The van der Waals surface area contributed by atoms with Crippen molar-refractivity contribution < 1.29 is 31.2 Å². The summed E-state index contributed by atoms with van der Waals surface area (Å²) in [5.74, 6) is -1.09. The third kappa shape index (κ3) is 7.97. The van der Waals surface area contributed by atoms with E-state index in [0.29, 0.717) is 23.3 Å². The van der Waals surface area contributed by atoms with Crippen molar-refractivity contribution in [3.8, 4) is 0 Å². The molecule has 0 saturated heterocycles. The fourth-order valence-electron chi connectivity index (χ4n) is 3.74. The summed E-state index contributed by atoms with van der Waals surface area (Å²) in [6, 6.07) is 10.2. The highest BCUT2D eigenvalue weighted by Gasteiger charge is 2.34. The van der Waals surface area contributed by atoms with Gasteiger partial charge < -0.3 is 10.2 Å². The summed E-state index contributed by atoms with van der Waals surface area (Å²) >= 11 is 0. The van der Waals surface area contributed by atoms with Gasteiger partial charge in [0.1, 0.15) is 12.6 Å². The standard InChI is InChI=1S/C25H32F3N3O4S/c1-5-13-29-24(33)22(6-2)30(16-19-10-7-9-18(3)14-19)23(32)17-31(36(4,34)35)21-12-8-11-20(15-21)25(26,27)28/h7-12,14-15,22H,5-6,13,16-17H2,1-4H3,(H,29,33)/t22-/m1/s1. The van der Waals surface area contributed by atoms with E-state index in [4.69, 9.17) is 0 Å². The molecule has 198 valence electrons. The van der Waals surface area contributed by atoms with Crippen LogP contribution in [-0.4, -0.2) is 50.5 Å². The molecule has 7 nitrogen and oxygen atoms in total. The molecule has 1 N–H and O–H groups in total. The highest BCUT2D eigenvalue weighted by Crippen LogP contribution is 2.32. The third-order valence-corrected chi connectivity index (χ3v) is 6.65. The van der Waals surface area contributed by atoms with Crippen LogP contribution in [0.4, 0.5) is 18.9 Å². The van der Waals surface area contributed by atoms with E-state index in [1.54, 1.807) is 19.1 Å². The molecule has 2 rings (SSSR count). The molecule has 0 bridgehead atoms. The Morgan fingerprint density at radius 1 is 1.06 bits per heavy atom. The number of halogens is 3. The van der Waals surface area contributed by atoms with Gasteiger partial charge in [-0.15, -0.1) is 0 Å². The van der Waals surface area contributed by atoms with Crippen LogP contribution in [0.15, 0.2) is 48.5 Å². The van der Waals surface area contributed by atoms with Gasteiger partial charge in [-0.2, -0.15) is 13.2 Å². The van der Waals surface area contributed by atoms with E-state index in [-0.39, 0.29) is 24.6 Å². The number of alkyl halides is 3. The van der Waals surface area contributed by atoms with Crippen molar-refractivity contribution in [2.45, 2.75) is 52.4 Å². The minimum atomic E-state index is -4.69. The lowest BCUT2D eigenvalue weighted by atomic mass is 10.1. The van der Waals surface area contributed by atoms with E-state index in [2.05, 4.69) is 5.32 Å². The van der Waals surface area contributed by atoms with E-state index in [1.165, 1.54) is 11.0 Å². The maximum atomic E-state index is 13.5. The number of carbonyl (C=O) groups excluding carboxylic acids is 2. The Kier molecular flexibility index (Phi) is 9.92. The Labute approximate surface area is 210 Å². The van der Waals surface area contributed by atoms with Crippen LogP contribution in [-0.2, 0) is 32.3 Å². The molecule has 0 unspecified atom stereocenters. The number of rotatable bonds is 11. The summed E-state index contributed by atoms with van der Waals surface area (Å²) in [7, 11) is -4.14. The first-order chi connectivity index (χ1) is 16.8. The number of carbonyl (C=O) groups is 2. The van der Waals surface area contributed by atoms with Gasteiger partial charge in [0, 0.05) is 13.1 Å². The van der Waals surface area contributed by atoms with Crippen molar-refractivity contribution >= 4 is 27.5 Å². The second-order valence-electron chi connectivity index (χ2n) is 8.54. The summed E-state index contributed by atoms with van der Waals surface area (Å²) < 4.78 is 65.5. The van der Waals surface area contributed by atoms with Crippen LogP contribution < -0.4 is 9.62 Å².